The first-order chi connectivity index (χ1) is 16.0. The maximum Gasteiger partial charge on any atom is 0.315 e. The maximum absolute atomic E-state index is 13.3. The second-order valence-corrected chi connectivity index (χ2v) is 7.90. The fourth-order valence-electron chi connectivity index (χ4n) is 3.22. The van der Waals surface area contributed by atoms with Crippen molar-refractivity contribution in [3.63, 3.8) is 0 Å². The van der Waals surface area contributed by atoms with Gasteiger partial charge >= 0.3 is 5.69 Å². The number of hydrogen-bond donors (Lipinski definition) is 1. The van der Waals surface area contributed by atoms with Gasteiger partial charge in [-0.05, 0) is 60.7 Å². The van der Waals surface area contributed by atoms with Crippen LogP contribution < -0.4 is 9.64 Å². The average molecular weight is 461 g/mol. The van der Waals surface area contributed by atoms with Crippen molar-refractivity contribution in [3.8, 4) is 11.5 Å². The third-order valence-electron chi connectivity index (χ3n) is 4.67. The van der Waals surface area contributed by atoms with Crippen LogP contribution in [0.5, 0.6) is 11.5 Å². The minimum absolute atomic E-state index is 0.0212. The van der Waals surface area contributed by atoms with Gasteiger partial charge < -0.3 is 9.84 Å². The Hall–Kier alpha value is -4.11. The molecule has 0 saturated carbocycles. The normalized spacial score (nSPS) is 15.9. The number of rotatable bonds is 6. The summed E-state index contributed by atoms with van der Waals surface area (Å²) < 4.78 is 5.34. The van der Waals surface area contributed by atoms with Gasteiger partial charge in [-0.15, -0.1) is 0 Å². The van der Waals surface area contributed by atoms with E-state index in [1.807, 2.05) is 48.5 Å². The first-order valence-corrected chi connectivity index (χ1v) is 10.9. The van der Waals surface area contributed by atoms with Crippen molar-refractivity contribution in [3.05, 3.63) is 93.4 Å². The molecule has 0 spiro atoms. The predicted molar refractivity (Wildman–Crippen MR) is 129 cm³/mol. The summed E-state index contributed by atoms with van der Waals surface area (Å²) in [6.45, 7) is 1.92. The standard InChI is InChI=1S/C24H19N3O5S/c1-2-32-20-14-16(13-19(22(20)28)27(30)31)15-21-23(29)26(18-11-7-4-8-12-18)24(33-21)25-17-9-5-3-6-10-17/h3-15,28H,2H2,1H3/b21-15-,25-24?. The number of phenolic OH excluding ortho intramolecular Hbond substituents is 1. The Morgan fingerprint density at radius 3 is 2.42 bits per heavy atom. The van der Waals surface area contributed by atoms with E-state index < -0.39 is 16.4 Å². The summed E-state index contributed by atoms with van der Waals surface area (Å²) in [5.74, 6) is -0.881. The monoisotopic (exact) mass is 461 g/mol. The van der Waals surface area contributed by atoms with Crippen molar-refractivity contribution in [2.45, 2.75) is 6.92 Å². The molecule has 1 saturated heterocycles. The quantitative estimate of drug-likeness (QED) is 0.295. The van der Waals surface area contributed by atoms with Gasteiger partial charge in [-0.3, -0.25) is 19.8 Å². The van der Waals surface area contributed by atoms with E-state index in [-0.39, 0.29) is 18.3 Å². The van der Waals surface area contributed by atoms with Crippen molar-refractivity contribution < 1.29 is 19.6 Å². The number of ether oxygens (including phenoxy) is 1. The number of nitro benzene ring substituents is 1. The topological polar surface area (TPSA) is 105 Å². The second-order valence-electron chi connectivity index (χ2n) is 6.89. The highest BCUT2D eigenvalue weighted by Gasteiger charge is 2.35. The number of nitrogens with zero attached hydrogens (tertiary/aromatic N) is 3. The molecule has 1 N–H and O–H groups in total. The van der Waals surface area contributed by atoms with E-state index in [0.29, 0.717) is 27.0 Å². The molecule has 0 aromatic heterocycles. The zero-order valence-electron chi connectivity index (χ0n) is 17.5. The van der Waals surface area contributed by atoms with Crippen molar-refractivity contribution >= 4 is 46.0 Å². The number of carbonyl (C=O) groups excluding carboxylic acids is 1. The molecular weight excluding hydrogens is 442 g/mol. The lowest BCUT2D eigenvalue weighted by Gasteiger charge is -2.15. The lowest BCUT2D eigenvalue weighted by molar-refractivity contribution is -0.386. The van der Waals surface area contributed by atoms with Crippen molar-refractivity contribution in [1.82, 2.24) is 0 Å². The highest BCUT2D eigenvalue weighted by atomic mass is 32.2. The van der Waals surface area contributed by atoms with Gasteiger partial charge in [0.15, 0.2) is 10.9 Å². The number of amidine groups is 1. The number of amides is 1. The number of aliphatic imine (C=N–C) groups is 1. The molecule has 0 atom stereocenters. The van der Waals surface area contributed by atoms with Crippen LogP contribution in [0.25, 0.3) is 6.08 Å². The van der Waals surface area contributed by atoms with E-state index in [1.54, 1.807) is 19.1 Å². The number of anilines is 1. The van der Waals surface area contributed by atoms with Gasteiger partial charge in [0, 0.05) is 6.07 Å². The van der Waals surface area contributed by atoms with Crippen molar-refractivity contribution in [1.29, 1.82) is 0 Å². The van der Waals surface area contributed by atoms with Crippen molar-refractivity contribution in [2.24, 2.45) is 4.99 Å². The number of thioether (sulfide) groups is 1. The largest absolute Gasteiger partial charge is 0.500 e. The summed E-state index contributed by atoms with van der Waals surface area (Å²) in [7, 11) is 0. The molecule has 1 heterocycles. The van der Waals surface area contributed by atoms with Gasteiger partial charge in [0.25, 0.3) is 5.91 Å². The molecule has 0 aliphatic carbocycles. The Kier molecular flexibility index (Phi) is 6.41. The molecule has 33 heavy (non-hydrogen) atoms. The molecule has 0 bridgehead atoms. The van der Waals surface area contributed by atoms with Crippen LogP contribution >= 0.6 is 11.8 Å². The molecule has 3 aromatic rings. The van der Waals surface area contributed by atoms with Crippen LogP contribution in [0.2, 0.25) is 0 Å². The van der Waals surface area contributed by atoms with E-state index in [1.165, 1.54) is 23.1 Å². The van der Waals surface area contributed by atoms with Crippen LogP contribution in [0.3, 0.4) is 0 Å². The molecule has 8 nitrogen and oxygen atoms in total. The zero-order valence-corrected chi connectivity index (χ0v) is 18.4. The summed E-state index contributed by atoms with van der Waals surface area (Å²) in [6, 6.07) is 21.0. The van der Waals surface area contributed by atoms with Crippen LogP contribution in [-0.2, 0) is 4.79 Å². The van der Waals surface area contributed by atoms with Gasteiger partial charge in [-0.25, -0.2) is 4.99 Å². The second kappa shape index (κ2) is 9.58. The maximum atomic E-state index is 13.3. The fourth-order valence-corrected chi connectivity index (χ4v) is 4.22. The summed E-state index contributed by atoms with van der Waals surface area (Å²) in [4.78, 5) is 30.5. The number of carbonyl (C=O) groups is 1. The van der Waals surface area contributed by atoms with Crippen LogP contribution in [-0.4, -0.2) is 27.7 Å². The minimum Gasteiger partial charge on any atom is -0.500 e. The van der Waals surface area contributed by atoms with E-state index in [0.717, 1.165) is 11.8 Å². The smallest absolute Gasteiger partial charge is 0.315 e. The van der Waals surface area contributed by atoms with E-state index >= 15 is 0 Å². The lowest BCUT2D eigenvalue weighted by Crippen LogP contribution is -2.28. The van der Waals surface area contributed by atoms with E-state index in [2.05, 4.69) is 4.99 Å². The number of para-hydroxylation sites is 2. The van der Waals surface area contributed by atoms with Crippen LogP contribution in [0, 0.1) is 10.1 Å². The molecular formula is C24H19N3O5S. The van der Waals surface area contributed by atoms with Gasteiger partial charge in [0.1, 0.15) is 0 Å². The summed E-state index contributed by atoms with van der Waals surface area (Å²) in [6.07, 6.45) is 1.53. The van der Waals surface area contributed by atoms with Crippen LogP contribution in [0.15, 0.2) is 82.7 Å². The summed E-state index contributed by atoms with van der Waals surface area (Å²) >= 11 is 1.16. The first-order valence-electron chi connectivity index (χ1n) is 10.0. The molecule has 3 aromatic carbocycles. The fraction of sp³-hybridized carbons (Fsp3) is 0.0833. The van der Waals surface area contributed by atoms with Gasteiger partial charge in [0.2, 0.25) is 5.75 Å². The minimum atomic E-state index is -0.692. The van der Waals surface area contributed by atoms with Crippen molar-refractivity contribution in [2.75, 3.05) is 11.5 Å². The highest BCUT2D eigenvalue weighted by Crippen LogP contribution is 2.41. The third-order valence-corrected chi connectivity index (χ3v) is 5.64. The molecule has 1 amide bonds. The summed E-state index contributed by atoms with van der Waals surface area (Å²) in [5.41, 5.74) is 1.20. The highest BCUT2D eigenvalue weighted by molar-refractivity contribution is 8.19. The summed E-state index contributed by atoms with van der Waals surface area (Å²) in [5, 5.41) is 22.0. The van der Waals surface area contributed by atoms with Gasteiger partial charge in [0.05, 0.1) is 27.8 Å². The van der Waals surface area contributed by atoms with E-state index in [4.69, 9.17) is 4.74 Å². The zero-order chi connectivity index (χ0) is 23.4. The molecule has 1 aliphatic heterocycles. The third kappa shape index (κ3) is 4.73. The molecule has 1 aliphatic rings. The average Bonchev–Trinajstić information content (AvgIpc) is 3.11. The van der Waals surface area contributed by atoms with Crippen LogP contribution in [0.1, 0.15) is 12.5 Å². The number of nitro groups is 1. The Bertz CT molecular complexity index is 1260. The number of phenols is 1. The number of benzene rings is 3. The number of hydrogen-bond acceptors (Lipinski definition) is 7. The predicted octanol–water partition coefficient (Wildman–Crippen LogP) is 5.51. The van der Waals surface area contributed by atoms with Gasteiger partial charge in [-0.2, -0.15) is 0 Å². The Balaban J connectivity index is 1.80. The lowest BCUT2D eigenvalue weighted by atomic mass is 10.1. The molecule has 1 fully saturated rings. The van der Waals surface area contributed by atoms with Gasteiger partial charge in [-0.1, -0.05) is 36.4 Å². The Morgan fingerprint density at radius 1 is 1.12 bits per heavy atom. The molecule has 0 unspecified atom stereocenters. The first kappa shape index (κ1) is 22.1. The molecule has 4 rings (SSSR count). The van der Waals surface area contributed by atoms with Crippen LogP contribution in [0.4, 0.5) is 17.1 Å². The molecule has 166 valence electrons. The molecule has 9 heteroatoms. The Morgan fingerprint density at radius 2 is 1.79 bits per heavy atom. The number of aromatic hydroxyl groups is 1. The molecule has 0 radical (unpaired) electrons. The van der Waals surface area contributed by atoms with E-state index in [9.17, 15) is 20.0 Å². The Labute approximate surface area is 194 Å². The SMILES string of the molecule is CCOc1cc(/C=C2\SC(=Nc3ccccc3)N(c3ccccc3)C2=O)cc([N+](=O)[O-])c1O.